The molecule has 0 aliphatic carbocycles. The number of hydrogen-bond acceptors (Lipinski definition) is 7. The van der Waals surface area contributed by atoms with Crippen molar-refractivity contribution in [2.75, 3.05) is 6.61 Å². The molecule has 0 saturated carbocycles. The molecule has 8 nitrogen and oxygen atoms in total. The number of ether oxygens (including phenoxy) is 2. The van der Waals surface area contributed by atoms with E-state index in [0.29, 0.717) is 0 Å². The van der Waals surface area contributed by atoms with E-state index in [1.54, 1.807) is 0 Å². The fourth-order valence-corrected chi connectivity index (χ4v) is 3.15. The third-order valence-electron chi connectivity index (χ3n) is 4.68. The molecule has 1 heterocycles. The Hall–Kier alpha value is -2.41. The highest BCUT2D eigenvalue weighted by atomic mass is 35.5. The predicted octanol–water partition coefficient (Wildman–Crippen LogP) is 3.19. The van der Waals surface area contributed by atoms with Crippen LogP contribution in [0.5, 0.6) is 5.75 Å². The van der Waals surface area contributed by atoms with E-state index >= 15 is 0 Å². The van der Waals surface area contributed by atoms with E-state index in [2.05, 4.69) is 10.3 Å². The molecule has 0 saturated heterocycles. The minimum atomic E-state index is -1.61. The van der Waals surface area contributed by atoms with E-state index in [9.17, 15) is 28.5 Å². The first-order chi connectivity index (χ1) is 16.1. The molecular weight excluding hydrogens is 502 g/mol. The van der Waals surface area contributed by atoms with Crippen molar-refractivity contribution < 1.29 is 38.0 Å². The normalized spacial score (nSPS) is 15.1. The van der Waals surface area contributed by atoms with Crippen molar-refractivity contribution in [1.82, 2.24) is 15.0 Å². The summed E-state index contributed by atoms with van der Waals surface area (Å²) in [7, 11) is 0. The molecule has 4 atom stereocenters. The molecular formula is C21H20Cl2F3N3O5. The van der Waals surface area contributed by atoms with Crippen molar-refractivity contribution in [3.63, 3.8) is 0 Å². The Morgan fingerprint density at radius 1 is 1.06 bits per heavy atom. The number of nitrogens with zero attached hydrogens (tertiary/aromatic N) is 3. The fraction of sp³-hybridized carbons (Fsp3) is 0.333. The van der Waals surface area contributed by atoms with Crippen LogP contribution in [-0.4, -0.2) is 61.5 Å². The summed E-state index contributed by atoms with van der Waals surface area (Å²) in [5.74, 6) is -4.21. The largest absolute Gasteiger partial charge is 0.462 e. The van der Waals surface area contributed by atoms with E-state index in [0.717, 1.165) is 16.8 Å². The Bertz CT molecular complexity index is 1110. The van der Waals surface area contributed by atoms with Gasteiger partial charge in [-0.15, -0.1) is 5.10 Å². The zero-order valence-corrected chi connectivity index (χ0v) is 19.1. The maximum atomic E-state index is 13.5. The Morgan fingerprint density at radius 2 is 1.74 bits per heavy atom. The van der Waals surface area contributed by atoms with Gasteiger partial charge in [-0.3, -0.25) is 0 Å². The van der Waals surface area contributed by atoms with Crippen molar-refractivity contribution in [3.05, 3.63) is 64.0 Å². The summed E-state index contributed by atoms with van der Waals surface area (Å²) in [4.78, 5) is 0. The molecule has 2 aromatic carbocycles. The lowest BCUT2D eigenvalue weighted by molar-refractivity contribution is -0.202. The summed E-state index contributed by atoms with van der Waals surface area (Å²) in [6.07, 6.45) is -3.78. The molecule has 2 unspecified atom stereocenters. The number of benzene rings is 2. The van der Waals surface area contributed by atoms with Crippen LogP contribution in [0.2, 0.25) is 10.0 Å². The second-order valence-electron chi connectivity index (χ2n) is 7.31. The number of aliphatic hydroxyl groups is 3. The second kappa shape index (κ2) is 11.3. The van der Waals surface area contributed by atoms with E-state index < -0.39 is 48.7 Å². The molecule has 0 bridgehead atoms. The van der Waals surface area contributed by atoms with Crippen molar-refractivity contribution in [1.29, 1.82) is 0 Å². The first kappa shape index (κ1) is 26.2. The first-order valence-corrected chi connectivity index (χ1v) is 10.6. The Kier molecular flexibility index (Phi) is 8.74. The Morgan fingerprint density at radius 3 is 2.32 bits per heavy atom. The molecule has 184 valence electrons. The Balaban J connectivity index is 1.80. The highest BCUT2D eigenvalue weighted by molar-refractivity contribution is 6.42. The van der Waals surface area contributed by atoms with Gasteiger partial charge in [0.2, 0.25) is 6.29 Å². The van der Waals surface area contributed by atoms with Crippen LogP contribution in [0.25, 0.3) is 11.3 Å². The van der Waals surface area contributed by atoms with Gasteiger partial charge >= 0.3 is 0 Å². The van der Waals surface area contributed by atoms with Gasteiger partial charge in [0, 0.05) is 11.6 Å². The van der Waals surface area contributed by atoms with Gasteiger partial charge in [0.15, 0.2) is 17.5 Å². The second-order valence-corrected chi connectivity index (χ2v) is 8.12. The van der Waals surface area contributed by atoms with Crippen molar-refractivity contribution in [2.45, 2.75) is 38.1 Å². The fourth-order valence-electron chi connectivity index (χ4n) is 2.86. The van der Waals surface area contributed by atoms with Crippen LogP contribution in [-0.2, 0) is 11.3 Å². The predicted molar refractivity (Wildman–Crippen MR) is 116 cm³/mol. The number of aromatic nitrogens is 3. The number of halogens is 5. The van der Waals surface area contributed by atoms with Gasteiger partial charge in [0.05, 0.1) is 35.5 Å². The number of hydrogen-bond donors (Lipinski definition) is 3. The Labute approximate surface area is 202 Å². The van der Waals surface area contributed by atoms with E-state index in [1.165, 1.54) is 31.3 Å². The standard InChI is InChI=1S/C21H20Cl2F3N3O5/c1-10(31)19(9-30)34-21(33-12-2-3-13(22)14(23)6-12)18(32)8-29-7-17(27-28-29)11-4-15(24)20(26)16(25)5-11/h2-7,10,18-19,21,30-32H,8-9H2,1H3/t10-,18+,19?,21?/m1/s1. The monoisotopic (exact) mass is 521 g/mol. The quantitative estimate of drug-likeness (QED) is 0.277. The lowest BCUT2D eigenvalue weighted by Crippen LogP contribution is -2.44. The van der Waals surface area contributed by atoms with E-state index in [4.69, 9.17) is 32.7 Å². The average molecular weight is 522 g/mol. The molecule has 1 aromatic heterocycles. The molecule has 3 N–H and O–H groups in total. The molecule has 0 fully saturated rings. The van der Waals surface area contributed by atoms with Gasteiger partial charge in [-0.2, -0.15) is 0 Å². The summed E-state index contributed by atoms with van der Waals surface area (Å²) in [5.41, 5.74) is -0.0449. The lowest BCUT2D eigenvalue weighted by atomic mass is 10.1. The first-order valence-electron chi connectivity index (χ1n) is 9.88. The topological polar surface area (TPSA) is 110 Å². The van der Waals surface area contributed by atoms with Gasteiger partial charge in [0.1, 0.15) is 23.7 Å². The van der Waals surface area contributed by atoms with Crippen LogP contribution in [0.15, 0.2) is 36.5 Å². The molecule has 0 aliphatic rings. The molecule has 0 amide bonds. The summed E-state index contributed by atoms with van der Waals surface area (Å²) >= 11 is 11.9. The van der Waals surface area contributed by atoms with Crippen LogP contribution in [0.1, 0.15) is 6.92 Å². The molecule has 0 aliphatic heterocycles. The van der Waals surface area contributed by atoms with Crippen LogP contribution in [0.3, 0.4) is 0 Å². The van der Waals surface area contributed by atoms with Gasteiger partial charge in [-0.1, -0.05) is 28.4 Å². The van der Waals surface area contributed by atoms with Gasteiger partial charge in [-0.05, 0) is 31.2 Å². The highest BCUT2D eigenvalue weighted by Crippen LogP contribution is 2.28. The smallest absolute Gasteiger partial charge is 0.228 e. The third-order valence-corrected chi connectivity index (χ3v) is 5.42. The summed E-state index contributed by atoms with van der Waals surface area (Å²) in [6.45, 7) is 0.540. The minimum Gasteiger partial charge on any atom is -0.462 e. The maximum Gasteiger partial charge on any atom is 0.228 e. The summed E-state index contributed by atoms with van der Waals surface area (Å²) in [5, 5.41) is 38.0. The minimum absolute atomic E-state index is 0.0186. The average Bonchev–Trinajstić information content (AvgIpc) is 3.25. The molecule has 0 spiro atoms. The van der Waals surface area contributed by atoms with Crippen molar-refractivity contribution in [2.24, 2.45) is 0 Å². The van der Waals surface area contributed by atoms with E-state index in [1.807, 2.05) is 0 Å². The third kappa shape index (κ3) is 6.38. The summed E-state index contributed by atoms with van der Waals surface area (Å²) < 4.78 is 52.6. The molecule has 34 heavy (non-hydrogen) atoms. The van der Waals surface area contributed by atoms with Gasteiger partial charge in [0.25, 0.3) is 0 Å². The zero-order valence-electron chi connectivity index (χ0n) is 17.6. The van der Waals surface area contributed by atoms with E-state index in [-0.39, 0.29) is 33.6 Å². The molecule has 3 rings (SSSR count). The SMILES string of the molecule is C[C@@H](O)C(CO)OC(Oc1ccc(Cl)c(Cl)c1)[C@@H](O)Cn1cc(-c2cc(F)c(F)c(F)c2)nn1. The number of aliphatic hydroxyl groups excluding tert-OH is 3. The molecule has 0 radical (unpaired) electrons. The molecule has 13 heteroatoms. The van der Waals surface area contributed by atoms with Gasteiger partial charge < -0.3 is 24.8 Å². The van der Waals surface area contributed by atoms with Crippen LogP contribution in [0.4, 0.5) is 13.2 Å². The lowest BCUT2D eigenvalue weighted by Gasteiger charge is -2.29. The number of rotatable bonds is 10. The zero-order chi connectivity index (χ0) is 25.0. The highest BCUT2D eigenvalue weighted by Gasteiger charge is 2.29. The van der Waals surface area contributed by atoms with Crippen molar-refractivity contribution in [3.8, 4) is 17.0 Å². The summed E-state index contributed by atoms with van der Waals surface area (Å²) in [6, 6.07) is 5.84. The molecule has 3 aromatic rings. The van der Waals surface area contributed by atoms with Crippen LogP contribution in [0, 0.1) is 17.5 Å². The van der Waals surface area contributed by atoms with Crippen molar-refractivity contribution >= 4 is 23.2 Å². The van der Waals surface area contributed by atoms with Crippen LogP contribution < -0.4 is 4.74 Å². The van der Waals surface area contributed by atoms with Gasteiger partial charge in [-0.25, -0.2) is 17.9 Å². The maximum absolute atomic E-state index is 13.5. The van der Waals surface area contributed by atoms with Crippen LogP contribution >= 0.6 is 23.2 Å².